The fourth-order valence-electron chi connectivity index (χ4n) is 1.75. The molecule has 2 aromatic carbocycles. The minimum Gasteiger partial charge on any atom is -0.497 e. The topological polar surface area (TPSA) is 90.7 Å². The van der Waals surface area contributed by atoms with Crippen molar-refractivity contribution in [2.45, 2.75) is 0 Å². The number of nitro groups is 1. The van der Waals surface area contributed by atoms with Gasteiger partial charge in [-0.25, -0.2) is 0 Å². The van der Waals surface area contributed by atoms with E-state index in [9.17, 15) is 14.9 Å². The highest BCUT2D eigenvalue weighted by atomic mass is 35.5. The number of nitro benzene ring substituents is 1. The predicted molar refractivity (Wildman–Crippen MR) is 85.2 cm³/mol. The van der Waals surface area contributed by atoms with Crippen molar-refractivity contribution in [2.75, 3.05) is 19.0 Å². The molecule has 1 N–H and O–H groups in total. The second-order valence-corrected chi connectivity index (χ2v) is 4.84. The van der Waals surface area contributed by atoms with Crippen LogP contribution in [0.3, 0.4) is 0 Å². The number of hydrogen-bond donors (Lipinski definition) is 1. The van der Waals surface area contributed by atoms with Gasteiger partial charge in [-0.15, -0.1) is 0 Å². The van der Waals surface area contributed by atoms with Gasteiger partial charge < -0.3 is 14.8 Å². The molecule has 23 heavy (non-hydrogen) atoms. The molecular weight excluding hydrogens is 324 g/mol. The number of nitrogens with zero attached hydrogens (tertiary/aromatic N) is 1. The van der Waals surface area contributed by atoms with E-state index >= 15 is 0 Å². The first-order valence-electron chi connectivity index (χ1n) is 6.50. The zero-order valence-electron chi connectivity index (χ0n) is 12.1. The summed E-state index contributed by atoms with van der Waals surface area (Å²) in [7, 11) is 1.53. The molecule has 0 saturated carbocycles. The fourth-order valence-corrected chi connectivity index (χ4v) is 1.97. The molecule has 0 radical (unpaired) electrons. The summed E-state index contributed by atoms with van der Waals surface area (Å²) in [5, 5.41) is 13.2. The number of amides is 1. The number of methoxy groups -OCH3 is 1. The van der Waals surface area contributed by atoms with Crippen molar-refractivity contribution in [1.29, 1.82) is 0 Å². The van der Waals surface area contributed by atoms with Crippen LogP contribution in [-0.4, -0.2) is 24.5 Å². The van der Waals surface area contributed by atoms with Gasteiger partial charge in [0.15, 0.2) is 6.61 Å². The van der Waals surface area contributed by atoms with Gasteiger partial charge in [0.05, 0.1) is 22.7 Å². The van der Waals surface area contributed by atoms with E-state index in [0.717, 1.165) is 0 Å². The first kappa shape index (κ1) is 16.6. The van der Waals surface area contributed by atoms with Gasteiger partial charge in [-0.1, -0.05) is 17.7 Å². The number of hydrogen-bond acceptors (Lipinski definition) is 5. The molecule has 0 bridgehead atoms. The number of anilines is 1. The molecule has 0 spiro atoms. The number of nitrogens with one attached hydrogen (secondary N) is 1. The van der Waals surface area contributed by atoms with Crippen molar-refractivity contribution in [3.63, 3.8) is 0 Å². The maximum absolute atomic E-state index is 11.9. The third-order valence-electron chi connectivity index (χ3n) is 2.85. The zero-order valence-corrected chi connectivity index (χ0v) is 12.9. The van der Waals surface area contributed by atoms with Gasteiger partial charge in [-0.2, -0.15) is 0 Å². The molecule has 0 heterocycles. The molecule has 0 aromatic heterocycles. The van der Waals surface area contributed by atoms with Crippen LogP contribution in [0, 0.1) is 10.1 Å². The SMILES string of the molecule is COc1cccc(OCC(=O)Nc2ccc([N+](=O)[O-])cc2Cl)c1. The Morgan fingerprint density at radius 3 is 2.65 bits per heavy atom. The summed E-state index contributed by atoms with van der Waals surface area (Å²) in [4.78, 5) is 21.9. The highest BCUT2D eigenvalue weighted by Gasteiger charge is 2.12. The molecular formula is C15H13ClN2O5. The molecule has 1 amide bonds. The molecule has 0 atom stereocenters. The van der Waals surface area contributed by atoms with E-state index in [4.69, 9.17) is 21.1 Å². The Bertz CT molecular complexity index is 736. The Balaban J connectivity index is 1.95. The largest absolute Gasteiger partial charge is 0.497 e. The van der Waals surface area contributed by atoms with Crippen molar-refractivity contribution >= 4 is 28.9 Å². The fraction of sp³-hybridized carbons (Fsp3) is 0.133. The maximum Gasteiger partial charge on any atom is 0.271 e. The van der Waals surface area contributed by atoms with Crippen molar-refractivity contribution in [3.8, 4) is 11.5 Å². The molecule has 7 nitrogen and oxygen atoms in total. The minimum atomic E-state index is -0.566. The van der Waals surface area contributed by atoms with Crippen LogP contribution in [-0.2, 0) is 4.79 Å². The maximum atomic E-state index is 11.9. The number of rotatable bonds is 6. The van der Waals surface area contributed by atoms with E-state index in [2.05, 4.69) is 5.32 Å². The summed E-state index contributed by atoms with van der Waals surface area (Å²) in [6.07, 6.45) is 0. The van der Waals surface area contributed by atoms with Crippen LogP contribution in [0.4, 0.5) is 11.4 Å². The number of carbonyl (C=O) groups excluding carboxylic acids is 1. The number of carbonyl (C=O) groups is 1. The van der Waals surface area contributed by atoms with Crippen molar-refractivity contribution in [1.82, 2.24) is 0 Å². The second kappa shape index (κ2) is 7.46. The van der Waals surface area contributed by atoms with E-state index < -0.39 is 10.8 Å². The Kier molecular flexibility index (Phi) is 5.37. The standard InChI is InChI=1S/C15H13ClN2O5/c1-22-11-3-2-4-12(8-11)23-9-15(19)17-14-6-5-10(18(20)21)7-13(14)16/h2-8H,9H2,1H3,(H,17,19). The quantitative estimate of drug-likeness (QED) is 0.645. The van der Waals surface area contributed by atoms with Gasteiger partial charge in [0.1, 0.15) is 11.5 Å². The summed E-state index contributed by atoms with van der Waals surface area (Å²) in [5.41, 5.74) is 0.122. The van der Waals surface area contributed by atoms with Crippen LogP contribution >= 0.6 is 11.6 Å². The molecule has 0 aliphatic carbocycles. The van der Waals surface area contributed by atoms with E-state index in [0.29, 0.717) is 11.5 Å². The molecule has 0 aliphatic rings. The lowest BCUT2D eigenvalue weighted by Gasteiger charge is -2.09. The normalized spacial score (nSPS) is 10.0. The van der Waals surface area contributed by atoms with Gasteiger partial charge in [-0.3, -0.25) is 14.9 Å². The lowest BCUT2D eigenvalue weighted by atomic mass is 10.3. The van der Waals surface area contributed by atoms with Gasteiger partial charge in [-0.05, 0) is 18.2 Å². The van der Waals surface area contributed by atoms with Gasteiger partial charge in [0.25, 0.3) is 11.6 Å². The van der Waals surface area contributed by atoms with E-state index in [1.165, 1.54) is 25.3 Å². The number of non-ortho nitro benzene ring substituents is 1. The lowest BCUT2D eigenvalue weighted by molar-refractivity contribution is -0.384. The molecule has 120 valence electrons. The summed E-state index contributed by atoms with van der Waals surface area (Å²) in [6, 6.07) is 10.6. The Morgan fingerprint density at radius 2 is 2.00 bits per heavy atom. The second-order valence-electron chi connectivity index (χ2n) is 4.44. The first-order valence-corrected chi connectivity index (χ1v) is 6.88. The van der Waals surface area contributed by atoms with Crippen LogP contribution in [0.2, 0.25) is 5.02 Å². The summed E-state index contributed by atoms with van der Waals surface area (Å²) < 4.78 is 10.4. The summed E-state index contributed by atoms with van der Waals surface area (Å²) >= 11 is 5.90. The Morgan fingerprint density at radius 1 is 1.26 bits per heavy atom. The summed E-state index contributed by atoms with van der Waals surface area (Å²) in [5.74, 6) is 0.652. The molecule has 2 rings (SSSR count). The van der Waals surface area contributed by atoms with Crippen LogP contribution in [0.25, 0.3) is 0 Å². The third kappa shape index (κ3) is 4.58. The molecule has 0 saturated heterocycles. The average Bonchev–Trinajstić information content (AvgIpc) is 2.55. The number of halogens is 1. The van der Waals surface area contributed by atoms with E-state index in [1.807, 2.05) is 0 Å². The van der Waals surface area contributed by atoms with Gasteiger partial charge in [0.2, 0.25) is 0 Å². The monoisotopic (exact) mass is 336 g/mol. The highest BCUT2D eigenvalue weighted by Crippen LogP contribution is 2.26. The minimum absolute atomic E-state index is 0.0777. The Hall–Kier alpha value is -2.80. The van der Waals surface area contributed by atoms with Gasteiger partial charge in [0, 0.05) is 18.2 Å². The van der Waals surface area contributed by atoms with Crippen molar-refractivity contribution < 1.29 is 19.2 Å². The Labute approximate surface area is 136 Å². The zero-order chi connectivity index (χ0) is 16.8. The summed E-state index contributed by atoms with van der Waals surface area (Å²) in [6.45, 7) is -0.236. The average molecular weight is 337 g/mol. The van der Waals surface area contributed by atoms with E-state index in [1.54, 1.807) is 24.3 Å². The predicted octanol–water partition coefficient (Wildman–Crippen LogP) is 3.27. The van der Waals surface area contributed by atoms with Crippen LogP contribution in [0.15, 0.2) is 42.5 Å². The third-order valence-corrected chi connectivity index (χ3v) is 3.16. The lowest BCUT2D eigenvalue weighted by Crippen LogP contribution is -2.20. The molecule has 8 heteroatoms. The van der Waals surface area contributed by atoms with Gasteiger partial charge >= 0.3 is 0 Å². The first-order chi connectivity index (χ1) is 11.0. The van der Waals surface area contributed by atoms with Crippen LogP contribution < -0.4 is 14.8 Å². The van der Waals surface area contributed by atoms with E-state index in [-0.39, 0.29) is 23.0 Å². The number of ether oxygens (including phenoxy) is 2. The van der Waals surface area contributed by atoms with Crippen molar-refractivity contribution in [2.24, 2.45) is 0 Å². The smallest absolute Gasteiger partial charge is 0.271 e. The molecule has 0 aliphatic heterocycles. The molecule has 0 fully saturated rings. The van der Waals surface area contributed by atoms with Crippen molar-refractivity contribution in [3.05, 3.63) is 57.6 Å². The molecule has 0 unspecified atom stereocenters. The number of benzene rings is 2. The van der Waals surface area contributed by atoms with Crippen LogP contribution in [0.1, 0.15) is 0 Å². The van der Waals surface area contributed by atoms with Crippen LogP contribution in [0.5, 0.6) is 11.5 Å². The highest BCUT2D eigenvalue weighted by molar-refractivity contribution is 6.34. The molecule has 2 aromatic rings.